The lowest BCUT2D eigenvalue weighted by Crippen LogP contribution is -2.39. The maximum Gasteiger partial charge on any atom is 0.253 e. The van der Waals surface area contributed by atoms with Crippen molar-refractivity contribution in [1.82, 2.24) is 14.6 Å². The zero-order valence-electron chi connectivity index (χ0n) is 15.0. The topological polar surface area (TPSA) is 91.5 Å². The second kappa shape index (κ2) is 6.35. The van der Waals surface area contributed by atoms with Crippen LogP contribution in [0.2, 0.25) is 0 Å². The number of carbonyl (C=O) groups excluding carboxylic acids is 1. The van der Waals surface area contributed by atoms with Crippen molar-refractivity contribution >= 4 is 26.8 Å². The monoisotopic (exact) mass is 397 g/mol. The number of hydrogen-bond acceptors (Lipinski definition) is 4. The molecule has 0 spiro atoms. The van der Waals surface area contributed by atoms with Crippen LogP contribution in [0.1, 0.15) is 16.8 Å². The normalized spacial score (nSPS) is 23.4. The van der Waals surface area contributed by atoms with E-state index < -0.39 is 10.0 Å². The summed E-state index contributed by atoms with van der Waals surface area (Å²) in [6.45, 7) is 0.506. The van der Waals surface area contributed by atoms with Crippen molar-refractivity contribution in [3.05, 3.63) is 60.3 Å². The van der Waals surface area contributed by atoms with Gasteiger partial charge in [-0.2, -0.15) is 4.31 Å². The molecule has 0 radical (unpaired) electrons. The highest BCUT2D eigenvalue weighted by atomic mass is 32.2. The molecule has 1 saturated heterocycles. The summed E-state index contributed by atoms with van der Waals surface area (Å²) < 4.78 is 33.4. The van der Waals surface area contributed by atoms with E-state index in [1.165, 1.54) is 4.31 Å². The van der Waals surface area contributed by atoms with Gasteiger partial charge >= 0.3 is 0 Å². The van der Waals surface area contributed by atoms with Crippen molar-refractivity contribution in [1.29, 1.82) is 0 Å². The molecule has 2 aliphatic heterocycles. The number of hydrogen-bond donors (Lipinski definition) is 2. The van der Waals surface area contributed by atoms with Crippen LogP contribution in [0.15, 0.2) is 59.6 Å². The molecule has 8 heteroatoms. The van der Waals surface area contributed by atoms with Gasteiger partial charge in [-0.1, -0.05) is 24.3 Å². The van der Waals surface area contributed by atoms with E-state index >= 15 is 0 Å². The fraction of sp³-hybridized carbons (Fsp3) is 0.250. The summed E-state index contributed by atoms with van der Waals surface area (Å²) in [5, 5.41) is 3.95. The van der Waals surface area contributed by atoms with Crippen LogP contribution in [-0.4, -0.2) is 48.8 Å². The Kier molecular flexibility index (Phi) is 3.92. The Labute approximate surface area is 162 Å². The molecular weight excluding hydrogens is 378 g/mol. The molecule has 3 aromatic rings. The van der Waals surface area contributed by atoms with Crippen molar-refractivity contribution in [2.75, 3.05) is 13.2 Å². The van der Waals surface area contributed by atoms with Crippen LogP contribution < -0.4 is 10.1 Å². The van der Waals surface area contributed by atoms with Crippen LogP contribution in [0, 0.1) is 0 Å². The number of nitrogens with zero attached hydrogens (tertiary/aromatic N) is 1. The van der Waals surface area contributed by atoms with Crippen LogP contribution in [0.4, 0.5) is 0 Å². The molecule has 1 aromatic heterocycles. The predicted octanol–water partition coefficient (Wildman–Crippen LogP) is 2.12. The Morgan fingerprint density at radius 1 is 1.14 bits per heavy atom. The average Bonchev–Trinajstić information content (AvgIpc) is 3.31. The minimum absolute atomic E-state index is 0.181. The van der Waals surface area contributed by atoms with Gasteiger partial charge in [0, 0.05) is 24.2 Å². The Morgan fingerprint density at radius 2 is 2.00 bits per heavy atom. The molecule has 0 unspecified atom stereocenters. The molecule has 0 saturated carbocycles. The highest BCUT2D eigenvalue weighted by molar-refractivity contribution is 7.89. The van der Waals surface area contributed by atoms with Gasteiger partial charge in [0.2, 0.25) is 10.0 Å². The third-order valence-electron chi connectivity index (χ3n) is 5.40. The van der Waals surface area contributed by atoms with Gasteiger partial charge in [-0.25, -0.2) is 8.42 Å². The van der Waals surface area contributed by atoms with Crippen molar-refractivity contribution in [3.8, 4) is 5.75 Å². The van der Waals surface area contributed by atoms with Gasteiger partial charge in [-0.15, -0.1) is 0 Å². The third-order valence-corrected chi connectivity index (χ3v) is 7.36. The molecule has 2 aliphatic rings. The largest absolute Gasteiger partial charge is 0.490 e. The van der Waals surface area contributed by atoms with Gasteiger partial charge in [0.15, 0.2) is 0 Å². The summed E-state index contributed by atoms with van der Waals surface area (Å²) >= 11 is 0. The van der Waals surface area contributed by atoms with E-state index in [-0.39, 0.29) is 36.0 Å². The molecule has 7 nitrogen and oxygen atoms in total. The Hall–Kier alpha value is -2.84. The van der Waals surface area contributed by atoms with E-state index in [0.717, 1.165) is 10.9 Å². The molecule has 1 fully saturated rings. The van der Waals surface area contributed by atoms with Crippen LogP contribution in [0.3, 0.4) is 0 Å². The molecule has 0 bridgehead atoms. The Balaban J connectivity index is 1.39. The Bertz CT molecular complexity index is 1170. The lowest BCUT2D eigenvalue weighted by Gasteiger charge is -2.19. The first-order chi connectivity index (χ1) is 13.5. The number of fused-ring (bicyclic) bond motifs is 3. The number of benzene rings is 2. The quantitative estimate of drug-likeness (QED) is 0.693. The Morgan fingerprint density at radius 3 is 2.89 bits per heavy atom. The molecule has 5 rings (SSSR count). The van der Waals surface area contributed by atoms with E-state index in [2.05, 4.69) is 10.3 Å². The first-order valence-corrected chi connectivity index (χ1v) is 10.6. The van der Waals surface area contributed by atoms with Crippen molar-refractivity contribution in [2.45, 2.75) is 23.4 Å². The summed E-state index contributed by atoms with van der Waals surface area (Å²) in [4.78, 5) is 16.1. The first kappa shape index (κ1) is 17.3. The summed E-state index contributed by atoms with van der Waals surface area (Å²) in [5.41, 5.74) is 1.33. The lowest BCUT2D eigenvalue weighted by atomic mass is 10.1. The van der Waals surface area contributed by atoms with Crippen molar-refractivity contribution < 1.29 is 17.9 Å². The third kappa shape index (κ3) is 2.68. The number of H-pyrrole nitrogens is 1. The van der Waals surface area contributed by atoms with Gasteiger partial charge < -0.3 is 15.0 Å². The van der Waals surface area contributed by atoms with E-state index in [0.29, 0.717) is 17.7 Å². The molecule has 144 valence electrons. The SMILES string of the molecule is O=C(N[C@H]1C[C@H]2COc3ccccc3S(=O)(=O)N2C1)c1cccc2cc[nH]c12. The van der Waals surface area contributed by atoms with Gasteiger partial charge in [-0.3, -0.25) is 4.79 Å². The maximum atomic E-state index is 13.1. The zero-order chi connectivity index (χ0) is 19.3. The highest BCUT2D eigenvalue weighted by Gasteiger charge is 2.44. The summed E-state index contributed by atoms with van der Waals surface area (Å²) in [7, 11) is -3.66. The number of para-hydroxylation sites is 2. The number of nitrogens with one attached hydrogen (secondary N) is 2. The predicted molar refractivity (Wildman–Crippen MR) is 104 cm³/mol. The van der Waals surface area contributed by atoms with E-state index in [1.807, 2.05) is 18.2 Å². The van der Waals surface area contributed by atoms with Crippen LogP contribution in [0.5, 0.6) is 5.75 Å². The fourth-order valence-electron chi connectivity index (χ4n) is 4.07. The molecule has 1 amide bonds. The van der Waals surface area contributed by atoms with Gasteiger partial charge in [0.25, 0.3) is 5.91 Å². The second-order valence-electron chi connectivity index (χ2n) is 7.14. The number of aromatic amines is 1. The number of amides is 1. The molecular formula is C20H19N3O4S. The molecule has 3 heterocycles. The van der Waals surface area contributed by atoms with Crippen molar-refractivity contribution in [2.24, 2.45) is 0 Å². The van der Waals surface area contributed by atoms with E-state index in [1.54, 1.807) is 36.5 Å². The molecule has 2 N–H and O–H groups in total. The smallest absolute Gasteiger partial charge is 0.253 e. The summed E-state index contributed by atoms with van der Waals surface area (Å²) in [6.07, 6.45) is 2.31. The first-order valence-electron chi connectivity index (χ1n) is 9.15. The lowest BCUT2D eigenvalue weighted by molar-refractivity contribution is 0.0940. The minimum Gasteiger partial charge on any atom is -0.490 e. The number of ether oxygens (including phenoxy) is 1. The highest BCUT2D eigenvalue weighted by Crippen LogP contribution is 2.35. The van der Waals surface area contributed by atoms with Crippen LogP contribution in [0.25, 0.3) is 10.9 Å². The maximum absolute atomic E-state index is 13.1. The van der Waals surface area contributed by atoms with Gasteiger partial charge in [0.1, 0.15) is 17.3 Å². The standard InChI is InChI=1S/C20H19N3O4S/c24-20(16-5-3-4-13-8-9-21-19(13)16)22-14-10-15-12-27-17-6-1-2-7-18(17)28(25,26)23(15)11-14/h1-9,14-15,21H,10-12H2,(H,22,24)/t14-,15-/m0/s1. The fourth-order valence-corrected chi connectivity index (χ4v) is 5.87. The molecule has 28 heavy (non-hydrogen) atoms. The van der Waals surface area contributed by atoms with Crippen molar-refractivity contribution in [3.63, 3.8) is 0 Å². The van der Waals surface area contributed by atoms with Gasteiger partial charge in [0.05, 0.1) is 17.1 Å². The zero-order valence-corrected chi connectivity index (χ0v) is 15.8. The molecule has 2 atom stereocenters. The number of sulfonamides is 1. The number of rotatable bonds is 2. The second-order valence-corrected chi connectivity index (χ2v) is 9.00. The van der Waals surface area contributed by atoms with Gasteiger partial charge in [-0.05, 0) is 30.7 Å². The number of aromatic nitrogens is 1. The van der Waals surface area contributed by atoms with Crippen LogP contribution >= 0.6 is 0 Å². The molecule has 0 aliphatic carbocycles. The average molecular weight is 397 g/mol. The summed E-state index contributed by atoms with van der Waals surface area (Å²) in [6, 6.07) is 13.5. The number of carbonyl (C=O) groups is 1. The van der Waals surface area contributed by atoms with Crippen LogP contribution in [-0.2, 0) is 10.0 Å². The minimum atomic E-state index is -3.66. The van der Waals surface area contributed by atoms with E-state index in [4.69, 9.17) is 4.74 Å². The molecule has 2 aromatic carbocycles. The van der Waals surface area contributed by atoms with E-state index in [9.17, 15) is 13.2 Å². The summed E-state index contributed by atoms with van der Waals surface area (Å²) in [5.74, 6) is 0.172.